The minimum atomic E-state index is -1.00. The predicted octanol–water partition coefficient (Wildman–Crippen LogP) is 1.72. The fourth-order valence-corrected chi connectivity index (χ4v) is 1.42. The number of carbonyl (C=O) groups is 1. The fraction of sp³-hybridized carbons (Fsp3) is 0.300. The van der Waals surface area contributed by atoms with Crippen LogP contribution in [0.1, 0.15) is 12.0 Å². The summed E-state index contributed by atoms with van der Waals surface area (Å²) < 4.78 is 0. The SMILES string of the molecule is O=C(O)CC(O)Cc1cccc(Cl)c1. The van der Waals surface area contributed by atoms with E-state index < -0.39 is 12.1 Å². The molecule has 0 aromatic heterocycles. The second-order valence-electron chi connectivity index (χ2n) is 3.09. The van der Waals surface area contributed by atoms with Crippen LogP contribution in [0.2, 0.25) is 5.02 Å². The van der Waals surface area contributed by atoms with E-state index in [1.54, 1.807) is 24.3 Å². The lowest BCUT2D eigenvalue weighted by Crippen LogP contribution is -2.15. The summed E-state index contributed by atoms with van der Waals surface area (Å²) >= 11 is 5.74. The number of aliphatic hydroxyl groups is 1. The van der Waals surface area contributed by atoms with Crippen molar-refractivity contribution in [2.75, 3.05) is 0 Å². The minimum Gasteiger partial charge on any atom is -0.481 e. The first-order chi connectivity index (χ1) is 6.58. The summed E-state index contributed by atoms with van der Waals surface area (Å²) in [5.41, 5.74) is 0.839. The third kappa shape index (κ3) is 3.77. The van der Waals surface area contributed by atoms with Gasteiger partial charge in [0.1, 0.15) is 0 Å². The second-order valence-corrected chi connectivity index (χ2v) is 3.52. The van der Waals surface area contributed by atoms with Crippen molar-refractivity contribution in [2.24, 2.45) is 0 Å². The highest BCUT2D eigenvalue weighted by Gasteiger charge is 2.10. The second kappa shape index (κ2) is 4.98. The van der Waals surface area contributed by atoms with Gasteiger partial charge in [0, 0.05) is 5.02 Å². The van der Waals surface area contributed by atoms with Gasteiger partial charge >= 0.3 is 5.97 Å². The Morgan fingerprint density at radius 3 is 2.79 bits per heavy atom. The molecule has 1 unspecified atom stereocenters. The highest BCUT2D eigenvalue weighted by molar-refractivity contribution is 6.30. The number of carboxylic acid groups (broad SMARTS) is 1. The van der Waals surface area contributed by atoms with Crippen LogP contribution in [0.15, 0.2) is 24.3 Å². The van der Waals surface area contributed by atoms with E-state index in [0.717, 1.165) is 5.56 Å². The van der Waals surface area contributed by atoms with E-state index in [2.05, 4.69) is 0 Å². The topological polar surface area (TPSA) is 57.5 Å². The van der Waals surface area contributed by atoms with E-state index in [4.69, 9.17) is 16.7 Å². The zero-order valence-corrected chi connectivity index (χ0v) is 8.24. The Bertz CT molecular complexity index is 325. The molecule has 1 atom stereocenters. The Morgan fingerprint density at radius 2 is 2.21 bits per heavy atom. The summed E-state index contributed by atoms with van der Waals surface area (Å²) in [6, 6.07) is 7.02. The van der Waals surface area contributed by atoms with Gasteiger partial charge in [0.2, 0.25) is 0 Å². The van der Waals surface area contributed by atoms with E-state index in [0.29, 0.717) is 11.4 Å². The average molecular weight is 215 g/mol. The molecule has 14 heavy (non-hydrogen) atoms. The number of aliphatic hydroxyl groups excluding tert-OH is 1. The van der Waals surface area contributed by atoms with Crippen molar-refractivity contribution >= 4 is 17.6 Å². The number of rotatable bonds is 4. The van der Waals surface area contributed by atoms with Crippen LogP contribution in [-0.2, 0) is 11.2 Å². The number of benzene rings is 1. The van der Waals surface area contributed by atoms with Gasteiger partial charge in [-0.3, -0.25) is 4.79 Å². The van der Waals surface area contributed by atoms with Gasteiger partial charge in [0.25, 0.3) is 0 Å². The summed E-state index contributed by atoms with van der Waals surface area (Å²) in [5.74, 6) is -1.00. The molecule has 4 heteroatoms. The Labute approximate surface area is 86.9 Å². The summed E-state index contributed by atoms with van der Waals surface area (Å²) in [6.45, 7) is 0. The largest absolute Gasteiger partial charge is 0.481 e. The highest BCUT2D eigenvalue weighted by atomic mass is 35.5. The molecule has 0 fully saturated rings. The minimum absolute atomic E-state index is 0.244. The molecule has 0 aliphatic heterocycles. The summed E-state index contributed by atoms with van der Waals surface area (Å²) in [7, 11) is 0. The van der Waals surface area contributed by atoms with E-state index in [-0.39, 0.29) is 6.42 Å². The van der Waals surface area contributed by atoms with Gasteiger partial charge in [0.05, 0.1) is 12.5 Å². The van der Waals surface area contributed by atoms with E-state index in [1.807, 2.05) is 0 Å². The van der Waals surface area contributed by atoms with E-state index >= 15 is 0 Å². The van der Waals surface area contributed by atoms with Gasteiger partial charge in [-0.25, -0.2) is 0 Å². The molecular formula is C10H11ClO3. The third-order valence-electron chi connectivity index (χ3n) is 1.77. The van der Waals surface area contributed by atoms with Gasteiger partial charge in [-0.2, -0.15) is 0 Å². The molecular weight excluding hydrogens is 204 g/mol. The van der Waals surface area contributed by atoms with Crippen molar-refractivity contribution in [2.45, 2.75) is 18.9 Å². The smallest absolute Gasteiger partial charge is 0.305 e. The Kier molecular flexibility index (Phi) is 3.92. The molecule has 0 amide bonds. The molecule has 0 saturated heterocycles. The van der Waals surface area contributed by atoms with Crippen LogP contribution in [0.4, 0.5) is 0 Å². The number of hydrogen-bond donors (Lipinski definition) is 2. The molecule has 3 nitrogen and oxygen atoms in total. The molecule has 1 aromatic carbocycles. The first-order valence-electron chi connectivity index (χ1n) is 4.22. The lowest BCUT2D eigenvalue weighted by Gasteiger charge is -2.07. The molecule has 0 radical (unpaired) electrons. The molecule has 0 spiro atoms. The third-order valence-corrected chi connectivity index (χ3v) is 2.01. The zero-order chi connectivity index (χ0) is 10.6. The summed E-state index contributed by atoms with van der Waals surface area (Å²) in [6.07, 6.45) is -0.787. The van der Waals surface area contributed by atoms with Crippen LogP contribution >= 0.6 is 11.6 Å². The van der Waals surface area contributed by atoms with Gasteiger partial charge in [-0.1, -0.05) is 23.7 Å². The lowest BCUT2D eigenvalue weighted by atomic mass is 10.1. The molecule has 0 saturated carbocycles. The Hall–Kier alpha value is -1.06. The number of hydrogen-bond acceptors (Lipinski definition) is 2. The summed E-state index contributed by atoms with van der Waals surface area (Å²) in [5, 5.41) is 18.4. The number of aliphatic carboxylic acids is 1. The van der Waals surface area contributed by atoms with Crippen molar-refractivity contribution in [3.63, 3.8) is 0 Å². The van der Waals surface area contributed by atoms with Gasteiger partial charge < -0.3 is 10.2 Å². The van der Waals surface area contributed by atoms with Crippen molar-refractivity contribution in [1.29, 1.82) is 0 Å². The van der Waals surface area contributed by atoms with Gasteiger partial charge in [-0.05, 0) is 24.1 Å². The molecule has 0 heterocycles. The molecule has 0 aliphatic rings. The first kappa shape index (κ1) is 11.0. The van der Waals surface area contributed by atoms with Crippen molar-refractivity contribution in [3.8, 4) is 0 Å². The average Bonchev–Trinajstić information content (AvgIpc) is 2.01. The normalized spacial score (nSPS) is 12.4. The first-order valence-corrected chi connectivity index (χ1v) is 4.60. The van der Waals surface area contributed by atoms with E-state index in [9.17, 15) is 9.90 Å². The Balaban J connectivity index is 2.55. The zero-order valence-electron chi connectivity index (χ0n) is 7.48. The van der Waals surface area contributed by atoms with Crippen LogP contribution in [0, 0.1) is 0 Å². The van der Waals surface area contributed by atoms with Crippen LogP contribution in [0.3, 0.4) is 0 Å². The lowest BCUT2D eigenvalue weighted by molar-refractivity contribution is -0.139. The van der Waals surface area contributed by atoms with Crippen molar-refractivity contribution < 1.29 is 15.0 Å². The van der Waals surface area contributed by atoms with Crippen LogP contribution in [-0.4, -0.2) is 22.3 Å². The molecule has 1 rings (SSSR count). The van der Waals surface area contributed by atoms with Crippen LogP contribution < -0.4 is 0 Å². The van der Waals surface area contributed by atoms with Crippen LogP contribution in [0.5, 0.6) is 0 Å². The quantitative estimate of drug-likeness (QED) is 0.803. The fourth-order valence-electron chi connectivity index (χ4n) is 1.21. The molecule has 1 aromatic rings. The Morgan fingerprint density at radius 1 is 1.50 bits per heavy atom. The van der Waals surface area contributed by atoms with Crippen molar-refractivity contribution in [1.82, 2.24) is 0 Å². The highest BCUT2D eigenvalue weighted by Crippen LogP contribution is 2.13. The number of carboxylic acids is 1. The maximum Gasteiger partial charge on any atom is 0.305 e. The molecule has 0 aliphatic carbocycles. The van der Waals surface area contributed by atoms with Crippen molar-refractivity contribution in [3.05, 3.63) is 34.9 Å². The molecule has 76 valence electrons. The maximum absolute atomic E-state index is 10.3. The predicted molar refractivity (Wildman–Crippen MR) is 53.4 cm³/mol. The molecule has 0 bridgehead atoms. The van der Waals surface area contributed by atoms with Gasteiger partial charge in [-0.15, -0.1) is 0 Å². The van der Waals surface area contributed by atoms with E-state index in [1.165, 1.54) is 0 Å². The standard InChI is InChI=1S/C10H11ClO3/c11-8-3-1-2-7(4-8)5-9(12)6-10(13)14/h1-4,9,12H,5-6H2,(H,13,14). The maximum atomic E-state index is 10.3. The van der Waals surface area contributed by atoms with Gasteiger partial charge in [0.15, 0.2) is 0 Å². The van der Waals surface area contributed by atoms with Crippen LogP contribution in [0.25, 0.3) is 0 Å². The number of halogens is 1. The summed E-state index contributed by atoms with van der Waals surface area (Å²) in [4.78, 5) is 10.3. The monoisotopic (exact) mass is 214 g/mol. The molecule has 2 N–H and O–H groups in total.